The van der Waals surface area contributed by atoms with E-state index in [4.69, 9.17) is 79.1 Å². The standard InChI is InChI=1S/C10H6Cl6O2/c1-17-9-5(13)7(15)10(8(16)6(9)14)18-3-2-4(11)12/h2H,3H2,1H3. The summed E-state index contributed by atoms with van der Waals surface area (Å²) in [5.74, 6) is 0.326. The number of rotatable bonds is 4. The minimum Gasteiger partial charge on any atom is -0.494 e. The third-order valence-electron chi connectivity index (χ3n) is 1.85. The molecule has 0 aliphatic rings. The van der Waals surface area contributed by atoms with Gasteiger partial charge in [0.2, 0.25) is 0 Å². The molecule has 0 saturated carbocycles. The first kappa shape index (κ1) is 16.4. The average Bonchev–Trinajstić information content (AvgIpc) is 2.31. The van der Waals surface area contributed by atoms with Crippen LogP contribution in [0.3, 0.4) is 0 Å². The zero-order valence-corrected chi connectivity index (χ0v) is 13.4. The number of benzene rings is 1. The molecule has 8 heteroatoms. The molecule has 0 amide bonds. The number of halogens is 6. The zero-order chi connectivity index (χ0) is 13.9. The summed E-state index contributed by atoms with van der Waals surface area (Å²) in [4.78, 5) is 0. The van der Waals surface area contributed by atoms with E-state index in [-0.39, 0.29) is 42.7 Å². The molecule has 1 aromatic carbocycles. The van der Waals surface area contributed by atoms with Crippen LogP contribution in [0.25, 0.3) is 0 Å². The SMILES string of the molecule is COc1c(Cl)c(Cl)c(OCC=C(Cl)Cl)c(Cl)c1Cl. The lowest BCUT2D eigenvalue weighted by molar-refractivity contribution is 0.361. The van der Waals surface area contributed by atoms with Gasteiger partial charge in [0.05, 0.1) is 7.11 Å². The molecule has 0 fully saturated rings. The first-order chi connectivity index (χ1) is 8.40. The van der Waals surface area contributed by atoms with Crippen molar-refractivity contribution in [2.45, 2.75) is 0 Å². The van der Waals surface area contributed by atoms with Crippen LogP contribution in [-0.4, -0.2) is 13.7 Å². The van der Waals surface area contributed by atoms with Crippen LogP contribution in [-0.2, 0) is 0 Å². The van der Waals surface area contributed by atoms with E-state index in [0.717, 1.165) is 0 Å². The van der Waals surface area contributed by atoms with E-state index in [1.165, 1.54) is 13.2 Å². The minimum absolute atomic E-state index is 0.0629. The van der Waals surface area contributed by atoms with Gasteiger partial charge in [0.1, 0.15) is 31.2 Å². The smallest absolute Gasteiger partial charge is 0.160 e. The van der Waals surface area contributed by atoms with Crippen LogP contribution in [0.4, 0.5) is 0 Å². The van der Waals surface area contributed by atoms with Crippen molar-refractivity contribution in [3.63, 3.8) is 0 Å². The fourth-order valence-corrected chi connectivity index (χ4v) is 2.29. The Morgan fingerprint density at radius 3 is 1.78 bits per heavy atom. The third-order valence-corrected chi connectivity index (χ3v) is 3.80. The highest BCUT2D eigenvalue weighted by atomic mass is 35.5. The normalized spacial score (nSPS) is 10.2. The maximum Gasteiger partial charge on any atom is 0.160 e. The van der Waals surface area contributed by atoms with Gasteiger partial charge < -0.3 is 9.47 Å². The van der Waals surface area contributed by atoms with Crippen LogP contribution in [0.2, 0.25) is 20.1 Å². The van der Waals surface area contributed by atoms with Gasteiger partial charge in [-0.2, -0.15) is 0 Å². The van der Waals surface area contributed by atoms with Crippen molar-refractivity contribution in [3.8, 4) is 11.5 Å². The Morgan fingerprint density at radius 1 is 0.944 bits per heavy atom. The lowest BCUT2D eigenvalue weighted by atomic mass is 10.3. The van der Waals surface area contributed by atoms with Gasteiger partial charge in [-0.1, -0.05) is 69.6 Å². The van der Waals surface area contributed by atoms with Gasteiger partial charge >= 0.3 is 0 Å². The minimum atomic E-state index is 0.0629. The third kappa shape index (κ3) is 3.66. The van der Waals surface area contributed by atoms with E-state index >= 15 is 0 Å². The van der Waals surface area contributed by atoms with Crippen molar-refractivity contribution in [2.24, 2.45) is 0 Å². The first-order valence-electron chi connectivity index (χ1n) is 4.44. The second-order valence-corrected chi connectivity index (χ2v) is 5.44. The van der Waals surface area contributed by atoms with E-state index < -0.39 is 0 Å². The predicted octanol–water partition coefficient (Wildman–Crippen LogP) is 6.01. The van der Waals surface area contributed by atoms with Crippen LogP contribution >= 0.6 is 69.6 Å². The molecule has 0 atom stereocenters. The highest BCUT2D eigenvalue weighted by Crippen LogP contribution is 2.49. The van der Waals surface area contributed by atoms with Gasteiger partial charge in [-0.15, -0.1) is 0 Å². The van der Waals surface area contributed by atoms with E-state index in [2.05, 4.69) is 0 Å². The van der Waals surface area contributed by atoms with Gasteiger partial charge in [0.15, 0.2) is 11.5 Å². The summed E-state index contributed by atoms with van der Waals surface area (Å²) < 4.78 is 10.4. The molecule has 0 aromatic heterocycles. The van der Waals surface area contributed by atoms with E-state index in [1.54, 1.807) is 0 Å². The Hall–Kier alpha value is 0.300. The highest BCUT2D eigenvalue weighted by Gasteiger charge is 2.22. The fraction of sp³-hybridized carbons (Fsp3) is 0.200. The van der Waals surface area contributed by atoms with Crippen molar-refractivity contribution in [1.82, 2.24) is 0 Å². The molecule has 0 aliphatic carbocycles. The second kappa shape index (κ2) is 7.18. The molecule has 0 saturated heterocycles. The maximum absolute atomic E-state index is 6.00. The molecule has 0 bridgehead atoms. The van der Waals surface area contributed by atoms with Crippen molar-refractivity contribution >= 4 is 69.6 Å². The fourth-order valence-electron chi connectivity index (χ4n) is 1.09. The lowest BCUT2D eigenvalue weighted by Crippen LogP contribution is -1.98. The second-order valence-electron chi connectivity index (χ2n) is 2.92. The summed E-state index contributed by atoms with van der Waals surface area (Å²) >= 11 is 34.8. The average molecular weight is 371 g/mol. The summed E-state index contributed by atoms with van der Waals surface area (Å²) in [6, 6.07) is 0. The van der Waals surface area contributed by atoms with E-state index in [0.29, 0.717) is 0 Å². The summed E-state index contributed by atoms with van der Waals surface area (Å²) in [6.07, 6.45) is 1.42. The van der Waals surface area contributed by atoms with Crippen molar-refractivity contribution < 1.29 is 9.47 Å². The monoisotopic (exact) mass is 368 g/mol. The van der Waals surface area contributed by atoms with Gasteiger partial charge in [-0.05, 0) is 6.08 Å². The lowest BCUT2D eigenvalue weighted by Gasteiger charge is -2.14. The van der Waals surface area contributed by atoms with Gasteiger partial charge in [-0.25, -0.2) is 0 Å². The molecular weight excluding hydrogens is 365 g/mol. The topological polar surface area (TPSA) is 18.5 Å². The van der Waals surface area contributed by atoms with Crippen LogP contribution in [0.15, 0.2) is 10.6 Å². The molecule has 0 radical (unpaired) electrons. The first-order valence-corrected chi connectivity index (χ1v) is 6.70. The molecule has 18 heavy (non-hydrogen) atoms. The summed E-state index contributed by atoms with van der Waals surface area (Å²) in [6.45, 7) is 0.0702. The molecule has 0 heterocycles. The van der Waals surface area contributed by atoms with Crippen LogP contribution < -0.4 is 9.47 Å². The molecule has 2 nitrogen and oxygen atoms in total. The summed E-state index contributed by atoms with van der Waals surface area (Å²) in [5, 5.41) is 0.429. The Kier molecular flexibility index (Phi) is 6.52. The number of hydrogen-bond acceptors (Lipinski definition) is 2. The molecule has 100 valence electrons. The predicted molar refractivity (Wildman–Crippen MR) is 78.3 cm³/mol. The van der Waals surface area contributed by atoms with Crippen molar-refractivity contribution in [2.75, 3.05) is 13.7 Å². The zero-order valence-electron chi connectivity index (χ0n) is 8.87. The molecule has 1 aromatic rings. The Morgan fingerprint density at radius 2 is 1.39 bits per heavy atom. The molecular formula is C10H6Cl6O2. The Labute approximate surface area is 134 Å². The molecule has 0 spiro atoms. The largest absolute Gasteiger partial charge is 0.494 e. The summed E-state index contributed by atoms with van der Waals surface area (Å²) in [7, 11) is 1.40. The van der Waals surface area contributed by atoms with E-state index in [1.807, 2.05) is 0 Å². The Balaban J connectivity index is 3.17. The maximum atomic E-state index is 6.00. The molecule has 0 N–H and O–H groups in total. The van der Waals surface area contributed by atoms with Crippen molar-refractivity contribution in [1.29, 1.82) is 0 Å². The number of hydrogen-bond donors (Lipinski definition) is 0. The van der Waals surface area contributed by atoms with Gasteiger partial charge in [0.25, 0.3) is 0 Å². The molecule has 1 rings (SSSR count). The van der Waals surface area contributed by atoms with Crippen LogP contribution in [0.1, 0.15) is 0 Å². The van der Waals surface area contributed by atoms with Gasteiger partial charge in [-0.3, -0.25) is 0 Å². The van der Waals surface area contributed by atoms with Crippen LogP contribution in [0.5, 0.6) is 11.5 Å². The molecule has 0 unspecified atom stereocenters. The quantitative estimate of drug-likeness (QED) is 0.604. The van der Waals surface area contributed by atoms with Crippen LogP contribution in [0, 0.1) is 0 Å². The molecule has 0 aliphatic heterocycles. The van der Waals surface area contributed by atoms with Crippen molar-refractivity contribution in [3.05, 3.63) is 30.7 Å². The highest BCUT2D eigenvalue weighted by molar-refractivity contribution is 6.55. The Bertz CT molecular complexity index is 453. The van der Waals surface area contributed by atoms with Gasteiger partial charge in [0, 0.05) is 0 Å². The van der Waals surface area contributed by atoms with E-state index in [9.17, 15) is 0 Å². The summed E-state index contributed by atoms with van der Waals surface area (Å²) in [5.41, 5.74) is 0. The number of ether oxygens (including phenoxy) is 2. The number of methoxy groups -OCH3 is 1.